The van der Waals surface area contributed by atoms with Gasteiger partial charge in [0, 0.05) is 12.1 Å². The van der Waals surface area contributed by atoms with Crippen LogP contribution in [-0.4, -0.2) is 28.2 Å². The highest BCUT2D eigenvalue weighted by Crippen LogP contribution is 2.35. The van der Waals surface area contributed by atoms with Gasteiger partial charge in [0.05, 0.1) is 23.5 Å². The lowest BCUT2D eigenvalue weighted by Crippen LogP contribution is -2.17. The minimum Gasteiger partial charge on any atom is -0.497 e. The Bertz CT molecular complexity index is 605. The third-order valence-electron chi connectivity index (χ3n) is 3.84. The summed E-state index contributed by atoms with van der Waals surface area (Å²) < 4.78 is 7.70. The molecule has 3 nitrogen and oxygen atoms in total. The Balaban J connectivity index is 2.15. The zero-order chi connectivity index (χ0) is 14.1. The molecular weight excluding hydrogens is 292 g/mol. The van der Waals surface area contributed by atoms with Crippen molar-refractivity contribution in [3.05, 3.63) is 24.0 Å². The molecule has 0 amide bonds. The Kier molecular flexibility index (Phi) is 4.13. The summed E-state index contributed by atoms with van der Waals surface area (Å²) in [6.07, 6.45) is 2.37. The topological polar surface area (TPSA) is 27.1 Å². The molecule has 0 saturated carbocycles. The minimum atomic E-state index is -0.0806. The van der Waals surface area contributed by atoms with E-state index >= 15 is 0 Å². The fourth-order valence-electron chi connectivity index (χ4n) is 2.83. The number of hydrogen-bond donors (Lipinski definition) is 0. The maximum Gasteiger partial charge on any atom is 0.127 e. The van der Waals surface area contributed by atoms with Crippen molar-refractivity contribution >= 4 is 34.4 Å². The summed E-state index contributed by atoms with van der Waals surface area (Å²) >= 11 is 8.38. The van der Waals surface area contributed by atoms with Gasteiger partial charge in [-0.3, -0.25) is 0 Å². The number of imidazole rings is 1. The van der Waals surface area contributed by atoms with Crippen LogP contribution < -0.4 is 4.74 Å². The van der Waals surface area contributed by atoms with Crippen molar-refractivity contribution in [3.63, 3.8) is 0 Å². The van der Waals surface area contributed by atoms with Crippen LogP contribution in [0.1, 0.15) is 37.0 Å². The molecule has 0 bridgehead atoms. The molecule has 1 aromatic carbocycles. The largest absolute Gasteiger partial charge is 0.497 e. The van der Waals surface area contributed by atoms with Crippen LogP contribution in [0.3, 0.4) is 0 Å². The zero-order valence-corrected chi connectivity index (χ0v) is 13.4. The van der Waals surface area contributed by atoms with Crippen LogP contribution in [-0.2, 0) is 0 Å². The fraction of sp³-hybridized carbons (Fsp3) is 0.533. The number of nitrogens with zero attached hydrogens (tertiary/aromatic N) is 2. The molecular formula is C15H19ClN2OS. The number of halogens is 1. The van der Waals surface area contributed by atoms with Crippen molar-refractivity contribution in [1.82, 2.24) is 9.55 Å². The van der Waals surface area contributed by atoms with E-state index in [-0.39, 0.29) is 5.38 Å². The molecule has 0 radical (unpaired) electrons. The molecule has 1 aliphatic heterocycles. The van der Waals surface area contributed by atoms with Crippen LogP contribution in [0.4, 0.5) is 0 Å². The van der Waals surface area contributed by atoms with E-state index in [4.69, 9.17) is 21.3 Å². The number of ether oxygens (including phenoxy) is 1. The Morgan fingerprint density at radius 3 is 2.80 bits per heavy atom. The quantitative estimate of drug-likeness (QED) is 0.786. The van der Waals surface area contributed by atoms with Crippen LogP contribution in [0.25, 0.3) is 11.0 Å². The Morgan fingerprint density at radius 1 is 1.40 bits per heavy atom. The van der Waals surface area contributed by atoms with Crippen LogP contribution in [0.2, 0.25) is 0 Å². The number of alkyl halides is 1. The smallest absolute Gasteiger partial charge is 0.127 e. The zero-order valence-electron chi connectivity index (χ0n) is 11.8. The molecule has 1 saturated heterocycles. The third-order valence-corrected chi connectivity index (χ3v) is 5.08. The second kappa shape index (κ2) is 5.86. The summed E-state index contributed by atoms with van der Waals surface area (Å²) in [6.45, 7) is 1.99. The molecule has 1 unspecified atom stereocenters. The van der Waals surface area contributed by atoms with Crippen LogP contribution in [0.15, 0.2) is 18.2 Å². The number of thioether (sulfide) groups is 1. The van der Waals surface area contributed by atoms with Crippen LogP contribution in [0.5, 0.6) is 5.75 Å². The third kappa shape index (κ3) is 2.51. The lowest BCUT2D eigenvalue weighted by atomic mass is 10.1. The Labute approximate surface area is 128 Å². The molecule has 1 aromatic heterocycles. The van der Waals surface area contributed by atoms with Crippen molar-refractivity contribution in [2.75, 3.05) is 18.6 Å². The van der Waals surface area contributed by atoms with Gasteiger partial charge >= 0.3 is 0 Å². The van der Waals surface area contributed by atoms with Gasteiger partial charge in [-0.1, -0.05) is 0 Å². The second-order valence-electron chi connectivity index (χ2n) is 5.15. The van der Waals surface area contributed by atoms with Gasteiger partial charge in [-0.15, -0.1) is 11.6 Å². The van der Waals surface area contributed by atoms with Gasteiger partial charge in [-0.2, -0.15) is 11.8 Å². The maximum atomic E-state index is 6.35. The number of hydrogen-bond acceptors (Lipinski definition) is 3. The highest BCUT2D eigenvalue weighted by atomic mass is 35.5. The molecule has 0 aliphatic carbocycles. The van der Waals surface area contributed by atoms with Crippen molar-refractivity contribution in [1.29, 1.82) is 0 Å². The molecule has 5 heteroatoms. The molecule has 1 aliphatic rings. The number of methoxy groups -OCH3 is 1. The molecule has 0 spiro atoms. The molecule has 3 rings (SSSR count). The van der Waals surface area contributed by atoms with E-state index in [2.05, 4.69) is 10.6 Å². The first-order valence-corrected chi connectivity index (χ1v) is 8.57. The average Bonchev–Trinajstić information content (AvgIpc) is 2.86. The number of fused-ring (bicyclic) bond motifs is 1. The predicted octanol–water partition coefficient (Wildman–Crippen LogP) is 4.41. The summed E-state index contributed by atoms with van der Waals surface area (Å²) in [4.78, 5) is 4.73. The van der Waals surface area contributed by atoms with Gasteiger partial charge in [-0.25, -0.2) is 4.98 Å². The van der Waals surface area contributed by atoms with Crippen LogP contribution >= 0.6 is 23.4 Å². The van der Waals surface area contributed by atoms with Gasteiger partial charge in [0.25, 0.3) is 0 Å². The summed E-state index contributed by atoms with van der Waals surface area (Å²) in [5.41, 5.74) is 2.15. The van der Waals surface area contributed by atoms with Gasteiger partial charge < -0.3 is 9.30 Å². The molecule has 0 N–H and O–H groups in total. The number of rotatable bonds is 3. The summed E-state index contributed by atoms with van der Waals surface area (Å²) in [6, 6.07) is 6.56. The first-order valence-electron chi connectivity index (χ1n) is 6.98. The first kappa shape index (κ1) is 14.1. The Morgan fingerprint density at radius 2 is 2.15 bits per heavy atom. The number of benzene rings is 1. The molecule has 108 valence electrons. The highest BCUT2D eigenvalue weighted by Gasteiger charge is 2.23. The maximum absolute atomic E-state index is 6.35. The van der Waals surface area contributed by atoms with E-state index < -0.39 is 0 Å². The lowest BCUT2D eigenvalue weighted by Gasteiger charge is -2.26. The SMILES string of the molecule is COc1ccc2nc(C(C)Cl)n(C3CCSCC3)c2c1. The van der Waals surface area contributed by atoms with E-state index in [1.165, 1.54) is 24.3 Å². The minimum absolute atomic E-state index is 0.0806. The average molecular weight is 311 g/mol. The van der Waals surface area contributed by atoms with Gasteiger partial charge in [0.15, 0.2) is 0 Å². The van der Waals surface area contributed by atoms with Crippen molar-refractivity contribution in [2.24, 2.45) is 0 Å². The second-order valence-corrected chi connectivity index (χ2v) is 7.03. The molecule has 1 atom stereocenters. The summed E-state index contributed by atoms with van der Waals surface area (Å²) in [5, 5.41) is -0.0806. The fourth-order valence-corrected chi connectivity index (χ4v) is 4.06. The van der Waals surface area contributed by atoms with E-state index in [0.29, 0.717) is 6.04 Å². The van der Waals surface area contributed by atoms with E-state index in [1.54, 1.807) is 7.11 Å². The Hall–Kier alpha value is -0.870. The molecule has 1 fully saturated rings. The summed E-state index contributed by atoms with van der Waals surface area (Å²) in [7, 11) is 1.70. The van der Waals surface area contributed by atoms with Gasteiger partial charge in [0.2, 0.25) is 0 Å². The van der Waals surface area contributed by atoms with Gasteiger partial charge in [-0.05, 0) is 43.4 Å². The van der Waals surface area contributed by atoms with Crippen molar-refractivity contribution < 1.29 is 4.74 Å². The monoisotopic (exact) mass is 310 g/mol. The first-order chi connectivity index (χ1) is 9.70. The van der Waals surface area contributed by atoms with E-state index in [9.17, 15) is 0 Å². The highest BCUT2D eigenvalue weighted by molar-refractivity contribution is 7.99. The summed E-state index contributed by atoms with van der Waals surface area (Å²) in [5.74, 6) is 4.28. The predicted molar refractivity (Wildman–Crippen MR) is 86.1 cm³/mol. The molecule has 2 heterocycles. The van der Waals surface area contributed by atoms with E-state index in [0.717, 1.165) is 22.6 Å². The lowest BCUT2D eigenvalue weighted by molar-refractivity contribution is 0.414. The molecule has 20 heavy (non-hydrogen) atoms. The van der Waals surface area contributed by atoms with Crippen molar-refractivity contribution in [3.8, 4) is 5.75 Å². The van der Waals surface area contributed by atoms with Crippen LogP contribution in [0, 0.1) is 0 Å². The number of aromatic nitrogens is 2. The van der Waals surface area contributed by atoms with Gasteiger partial charge in [0.1, 0.15) is 11.6 Å². The molecule has 2 aromatic rings. The van der Waals surface area contributed by atoms with E-state index in [1.807, 2.05) is 30.8 Å². The van der Waals surface area contributed by atoms with Crippen molar-refractivity contribution in [2.45, 2.75) is 31.2 Å². The standard InChI is InChI=1S/C15H19ClN2OS/c1-10(16)15-17-13-4-3-12(19-2)9-14(13)18(15)11-5-7-20-8-6-11/h3-4,9-11H,5-8H2,1-2H3. The normalized spacial score (nSPS) is 18.4.